The van der Waals surface area contributed by atoms with Crippen LogP contribution in [0.15, 0.2) is 66.7 Å². The molecular weight excluding hydrogens is 466 g/mol. The third-order valence-electron chi connectivity index (χ3n) is 5.74. The minimum Gasteiger partial charge on any atom is -0.351 e. The van der Waals surface area contributed by atoms with Crippen LogP contribution in [0.25, 0.3) is 0 Å². The van der Waals surface area contributed by atoms with Crippen LogP contribution in [0.5, 0.6) is 0 Å². The van der Waals surface area contributed by atoms with Gasteiger partial charge >= 0.3 is 0 Å². The molecule has 3 aromatic carbocycles. The van der Waals surface area contributed by atoms with Gasteiger partial charge in [0.15, 0.2) is 11.6 Å². The molecule has 0 aliphatic rings. The van der Waals surface area contributed by atoms with Crippen molar-refractivity contribution in [3.05, 3.63) is 101 Å². The predicted octanol–water partition coefficient (Wildman–Crippen LogP) is 5.89. The van der Waals surface area contributed by atoms with Crippen LogP contribution in [0.4, 0.5) is 14.5 Å². The van der Waals surface area contributed by atoms with Crippen LogP contribution < -0.4 is 10.6 Å². The van der Waals surface area contributed by atoms with Gasteiger partial charge < -0.3 is 10.6 Å². The molecule has 2 amide bonds. The maximum absolute atomic E-state index is 13.7. The molecule has 0 spiro atoms. The van der Waals surface area contributed by atoms with Gasteiger partial charge in [-0.3, -0.25) is 9.59 Å². The molecule has 4 nitrogen and oxygen atoms in total. The highest BCUT2D eigenvalue weighted by molar-refractivity contribution is 7.80. The Morgan fingerprint density at radius 1 is 0.914 bits per heavy atom. The molecule has 3 rings (SSSR count). The highest BCUT2D eigenvalue weighted by Gasteiger charge is 2.23. The minimum absolute atomic E-state index is 0.0364. The Bertz CT molecular complexity index is 1170. The molecule has 0 fully saturated rings. The first-order valence-electron chi connectivity index (χ1n) is 11.4. The van der Waals surface area contributed by atoms with Crippen LogP contribution in [-0.2, 0) is 16.6 Å². The summed E-state index contributed by atoms with van der Waals surface area (Å²) in [5.74, 6) is -2.56. The van der Waals surface area contributed by atoms with Crippen LogP contribution in [0.3, 0.4) is 0 Å². The fourth-order valence-electron chi connectivity index (χ4n) is 3.68. The highest BCUT2D eigenvalue weighted by atomic mass is 32.1. The van der Waals surface area contributed by atoms with Gasteiger partial charge in [0.05, 0.1) is 5.92 Å². The first kappa shape index (κ1) is 26.4. The number of amides is 2. The molecule has 184 valence electrons. The van der Waals surface area contributed by atoms with Crippen LogP contribution in [0, 0.1) is 11.6 Å². The van der Waals surface area contributed by atoms with E-state index in [2.05, 4.69) is 44.0 Å². The molecule has 3 aromatic rings. The summed E-state index contributed by atoms with van der Waals surface area (Å²) < 4.78 is 27.0. The minimum atomic E-state index is -1.03. The Kier molecular flexibility index (Phi) is 8.67. The van der Waals surface area contributed by atoms with Crippen molar-refractivity contribution in [2.45, 2.75) is 38.5 Å². The molecule has 0 aliphatic heterocycles. The Morgan fingerprint density at radius 2 is 1.57 bits per heavy atom. The Labute approximate surface area is 210 Å². The third kappa shape index (κ3) is 7.15. The Balaban J connectivity index is 1.86. The predicted molar refractivity (Wildman–Crippen MR) is 139 cm³/mol. The summed E-state index contributed by atoms with van der Waals surface area (Å²) in [6, 6.07) is 18.2. The van der Waals surface area contributed by atoms with Crippen LogP contribution in [0.2, 0.25) is 0 Å². The normalized spacial score (nSPS) is 12.2. The smallest absolute Gasteiger partial charge is 0.251 e. The summed E-state index contributed by atoms with van der Waals surface area (Å²) >= 11 is 4.09. The standard InChI is InChI=1S/C28H30F2N2O2S/c1-28(2,3)21-10-8-19(9-11-21)23(27(34)32-22-12-13-24(29)25(30)17-22)16-18-4-6-20(7-5-18)26(33)31-14-15-35/h4-13,17,23,35H,14-16H2,1-3H3,(H,31,33)(H,32,34). The van der Waals surface area contributed by atoms with Gasteiger partial charge in [-0.2, -0.15) is 12.6 Å². The number of halogens is 2. The number of hydrogen-bond donors (Lipinski definition) is 3. The highest BCUT2D eigenvalue weighted by Crippen LogP contribution is 2.28. The number of carbonyl (C=O) groups excluding carboxylic acids is 2. The molecule has 35 heavy (non-hydrogen) atoms. The van der Waals surface area contributed by atoms with E-state index in [9.17, 15) is 18.4 Å². The van der Waals surface area contributed by atoms with Crippen molar-refractivity contribution in [1.82, 2.24) is 5.32 Å². The van der Waals surface area contributed by atoms with E-state index < -0.39 is 17.6 Å². The fourth-order valence-corrected chi connectivity index (χ4v) is 3.79. The van der Waals surface area contributed by atoms with Crippen molar-refractivity contribution in [3.63, 3.8) is 0 Å². The zero-order chi connectivity index (χ0) is 25.6. The van der Waals surface area contributed by atoms with Gasteiger partial charge in [0.1, 0.15) is 0 Å². The maximum atomic E-state index is 13.7. The fraction of sp³-hybridized carbons (Fsp3) is 0.286. The average molecular weight is 497 g/mol. The molecule has 0 heterocycles. The summed E-state index contributed by atoms with van der Waals surface area (Å²) in [5, 5.41) is 5.48. The molecule has 0 aromatic heterocycles. The quantitative estimate of drug-likeness (QED) is 0.341. The molecule has 0 bridgehead atoms. The van der Waals surface area contributed by atoms with E-state index >= 15 is 0 Å². The first-order valence-corrected chi connectivity index (χ1v) is 12.1. The first-order chi connectivity index (χ1) is 16.6. The summed E-state index contributed by atoms with van der Waals surface area (Å²) in [5.41, 5.74) is 3.47. The van der Waals surface area contributed by atoms with Crippen molar-refractivity contribution >= 4 is 30.1 Å². The van der Waals surface area contributed by atoms with E-state index in [0.29, 0.717) is 24.3 Å². The molecular formula is C28H30F2N2O2S. The molecule has 0 saturated carbocycles. The molecule has 2 N–H and O–H groups in total. The van der Waals surface area contributed by atoms with Crippen molar-refractivity contribution < 1.29 is 18.4 Å². The number of rotatable bonds is 8. The van der Waals surface area contributed by atoms with Crippen molar-refractivity contribution in [2.75, 3.05) is 17.6 Å². The van der Waals surface area contributed by atoms with E-state index in [4.69, 9.17) is 0 Å². The largest absolute Gasteiger partial charge is 0.351 e. The Morgan fingerprint density at radius 3 is 2.14 bits per heavy atom. The van der Waals surface area contributed by atoms with Gasteiger partial charge in [-0.25, -0.2) is 8.78 Å². The van der Waals surface area contributed by atoms with E-state index in [1.807, 2.05) is 36.4 Å². The SMILES string of the molecule is CC(C)(C)c1ccc(C(Cc2ccc(C(=O)NCCS)cc2)C(=O)Nc2ccc(F)c(F)c2)cc1. The van der Waals surface area contributed by atoms with Crippen molar-refractivity contribution in [1.29, 1.82) is 0 Å². The summed E-state index contributed by atoms with van der Waals surface area (Å²) in [7, 11) is 0. The monoisotopic (exact) mass is 496 g/mol. The van der Waals surface area contributed by atoms with Crippen molar-refractivity contribution in [3.8, 4) is 0 Å². The second-order valence-corrected chi connectivity index (χ2v) is 9.87. The number of thiol groups is 1. The lowest BCUT2D eigenvalue weighted by atomic mass is 9.84. The number of nitrogens with one attached hydrogen (secondary N) is 2. The third-order valence-corrected chi connectivity index (χ3v) is 5.96. The molecule has 0 saturated heterocycles. The summed E-state index contributed by atoms with van der Waals surface area (Å²) in [6.45, 7) is 6.82. The zero-order valence-corrected chi connectivity index (χ0v) is 21.0. The number of benzene rings is 3. The van der Waals surface area contributed by atoms with Gasteiger partial charge in [-0.15, -0.1) is 0 Å². The number of carbonyl (C=O) groups is 2. The van der Waals surface area contributed by atoms with E-state index in [1.165, 1.54) is 6.07 Å². The second-order valence-electron chi connectivity index (χ2n) is 9.42. The zero-order valence-electron chi connectivity index (χ0n) is 20.1. The number of hydrogen-bond acceptors (Lipinski definition) is 3. The lowest BCUT2D eigenvalue weighted by Crippen LogP contribution is -2.25. The molecule has 0 radical (unpaired) electrons. The average Bonchev–Trinajstić information content (AvgIpc) is 2.83. The van der Waals surface area contributed by atoms with Crippen LogP contribution in [-0.4, -0.2) is 24.1 Å². The van der Waals surface area contributed by atoms with E-state index in [0.717, 1.165) is 28.8 Å². The lowest BCUT2D eigenvalue weighted by molar-refractivity contribution is -0.117. The van der Waals surface area contributed by atoms with E-state index in [1.54, 1.807) is 12.1 Å². The maximum Gasteiger partial charge on any atom is 0.251 e. The van der Waals surface area contributed by atoms with Crippen LogP contribution in [0.1, 0.15) is 53.7 Å². The molecule has 1 unspecified atom stereocenters. The summed E-state index contributed by atoms with van der Waals surface area (Å²) in [6.07, 6.45) is 0.364. The topological polar surface area (TPSA) is 58.2 Å². The molecule has 7 heteroatoms. The summed E-state index contributed by atoms with van der Waals surface area (Å²) in [4.78, 5) is 25.5. The van der Waals surface area contributed by atoms with Gasteiger partial charge in [0.25, 0.3) is 5.91 Å². The van der Waals surface area contributed by atoms with Gasteiger partial charge in [-0.1, -0.05) is 57.2 Å². The van der Waals surface area contributed by atoms with Gasteiger partial charge in [-0.05, 0) is 52.8 Å². The van der Waals surface area contributed by atoms with Gasteiger partial charge in [0.2, 0.25) is 5.91 Å². The van der Waals surface area contributed by atoms with Crippen molar-refractivity contribution in [2.24, 2.45) is 0 Å². The second kappa shape index (κ2) is 11.5. The molecule has 1 atom stereocenters. The molecule has 0 aliphatic carbocycles. The Hall–Kier alpha value is -3.19. The van der Waals surface area contributed by atoms with Gasteiger partial charge in [0, 0.05) is 29.6 Å². The number of anilines is 1. The van der Waals surface area contributed by atoms with Crippen LogP contribution >= 0.6 is 12.6 Å². The van der Waals surface area contributed by atoms with E-state index in [-0.39, 0.29) is 22.9 Å². The lowest BCUT2D eigenvalue weighted by Gasteiger charge is -2.22.